The molecule has 7 nitrogen and oxygen atoms in total. The highest BCUT2D eigenvalue weighted by molar-refractivity contribution is 6.00. The molecule has 1 aliphatic heterocycles. The van der Waals surface area contributed by atoms with Gasteiger partial charge in [0.1, 0.15) is 17.1 Å². The number of benzene rings is 2. The van der Waals surface area contributed by atoms with Crippen molar-refractivity contribution in [1.82, 2.24) is 9.80 Å². The first-order valence-corrected chi connectivity index (χ1v) is 10.9. The number of ether oxygens (including phenoxy) is 2. The molecule has 0 aliphatic carbocycles. The molecule has 0 spiro atoms. The van der Waals surface area contributed by atoms with Crippen LogP contribution in [0, 0.1) is 0 Å². The van der Waals surface area contributed by atoms with Gasteiger partial charge in [-0.15, -0.1) is 0 Å². The number of nitrogens with zero attached hydrogens (tertiary/aromatic N) is 2. The monoisotopic (exact) mass is 448 g/mol. The first kappa shape index (κ1) is 22.5. The standard InChI is InChI=1S/C26H28N2O5/c1-17(13-26(30)28-11-9-27(10-12-28)18(2)29)21-14-22-23(16-33-25(22)15-24(21)32-4)19-5-7-20(31-3)8-6-19/h5-8,13-16H,9-12H2,1-4H3/b17-13+. The van der Waals surface area contributed by atoms with Crippen LogP contribution in [0.4, 0.5) is 0 Å². The number of furan rings is 1. The lowest BCUT2D eigenvalue weighted by Crippen LogP contribution is -2.49. The van der Waals surface area contributed by atoms with Crippen LogP contribution in [-0.2, 0) is 9.59 Å². The molecule has 2 aromatic carbocycles. The fourth-order valence-corrected chi connectivity index (χ4v) is 4.12. The molecule has 1 aromatic heterocycles. The van der Waals surface area contributed by atoms with Crippen LogP contribution in [0.25, 0.3) is 27.7 Å². The Kier molecular flexibility index (Phi) is 6.40. The fourth-order valence-electron chi connectivity index (χ4n) is 4.12. The summed E-state index contributed by atoms with van der Waals surface area (Å²) in [5.74, 6) is 1.40. The topological polar surface area (TPSA) is 72.2 Å². The highest BCUT2D eigenvalue weighted by atomic mass is 16.5. The molecule has 172 valence electrons. The number of carbonyl (C=O) groups excluding carboxylic acids is 2. The number of allylic oxidation sites excluding steroid dienone is 1. The van der Waals surface area contributed by atoms with Crippen LogP contribution >= 0.6 is 0 Å². The van der Waals surface area contributed by atoms with E-state index in [2.05, 4.69) is 0 Å². The summed E-state index contributed by atoms with van der Waals surface area (Å²) in [6, 6.07) is 11.7. The van der Waals surface area contributed by atoms with Gasteiger partial charge in [0.05, 0.1) is 20.5 Å². The smallest absolute Gasteiger partial charge is 0.246 e. The Hall–Kier alpha value is -3.74. The highest BCUT2D eigenvalue weighted by Gasteiger charge is 2.22. The average Bonchev–Trinajstić information content (AvgIpc) is 3.26. The van der Waals surface area contributed by atoms with E-state index in [1.807, 2.05) is 43.3 Å². The molecule has 33 heavy (non-hydrogen) atoms. The summed E-state index contributed by atoms with van der Waals surface area (Å²) in [5.41, 5.74) is 4.30. The van der Waals surface area contributed by atoms with E-state index in [4.69, 9.17) is 13.9 Å². The van der Waals surface area contributed by atoms with E-state index in [0.717, 1.165) is 33.4 Å². The van der Waals surface area contributed by atoms with Crippen LogP contribution in [0.3, 0.4) is 0 Å². The Balaban J connectivity index is 1.64. The van der Waals surface area contributed by atoms with Gasteiger partial charge in [-0.25, -0.2) is 0 Å². The van der Waals surface area contributed by atoms with Gasteiger partial charge in [0, 0.05) is 61.8 Å². The van der Waals surface area contributed by atoms with E-state index in [1.165, 1.54) is 0 Å². The second-order valence-electron chi connectivity index (χ2n) is 8.09. The molecule has 4 rings (SSSR count). The van der Waals surface area contributed by atoms with Crippen molar-refractivity contribution in [2.75, 3.05) is 40.4 Å². The summed E-state index contributed by atoms with van der Waals surface area (Å²) in [6.07, 6.45) is 3.37. The number of rotatable bonds is 5. The van der Waals surface area contributed by atoms with Gasteiger partial charge in [-0.2, -0.15) is 0 Å². The number of carbonyl (C=O) groups is 2. The number of hydrogen-bond donors (Lipinski definition) is 0. The van der Waals surface area contributed by atoms with Gasteiger partial charge in [0.2, 0.25) is 11.8 Å². The lowest BCUT2D eigenvalue weighted by atomic mass is 9.99. The molecular formula is C26H28N2O5. The Morgan fingerprint density at radius 3 is 2.21 bits per heavy atom. The van der Waals surface area contributed by atoms with Gasteiger partial charge in [0.15, 0.2) is 0 Å². The summed E-state index contributed by atoms with van der Waals surface area (Å²) in [5, 5.41) is 0.936. The molecule has 7 heteroatoms. The number of fused-ring (bicyclic) bond motifs is 1. The second-order valence-corrected chi connectivity index (χ2v) is 8.09. The van der Waals surface area contributed by atoms with Gasteiger partial charge in [-0.1, -0.05) is 12.1 Å². The van der Waals surface area contributed by atoms with E-state index in [-0.39, 0.29) is 11.8 Å². The minimum absolute atomic E-state index is 0.0413. The third-order valence-corrected chi connectivity index (χ3v) is 6.10. The summed E-state index contributed by atoms with van der Waals surface area (Å²) in [4.78, 5) is 28.0. The average molecular weight is 449 g/mol. The van der Waals surface area contributed by atoms with E-state index in [9.17, 15) is 9.59 Å². The molecule has 0 atom stereocenters. The molecule has 1 saturated heterocycles. The lowest BCUT2D eigenvalue weighted by Gasteiger charge is -2.33. The molecule has 0 radical (unpaired) electrons. The predicted molar refractivity (Wildman–Crippen MR) is 127 cm³/mol. The molecular weight excluding hydrogens is 420 g/mol. The first-order valence-electron chi connectivity index (χ1n) is 10.9. The summed E-state index contributed by atoms with van der Waals surface area (Å²) in [6.45, 7) is 5.64. The van der Waals surface area contributed by atoms with Crippen LogP contribution in [-0.4, -0.2) is 62.0 Å². The van der Waals surface area contributed by atoms with Crippen molar-refractivity contribution < 1.29 is 23.5 Å². The molecule has 2 heterocycles. The van der Waals surface area contributed by atoms with Crippen LogP contribution in [0.1, 0.15) is 19.4 Å². The van der Waals surface area contributed by atoms with Crippen molar-refractivity contribution in [2.45, 2.75) is 13.8 Å². The van der Waals surface area contributed by atoms with Crippen LogP contribution < -0.4 is 9.47 Å². The minimum atomic E-state index is -0.0691. The van der Waals surface area contributed by atoms with Crippen molar-refractivity contribution in [3.8, 4) is 22.6 Å². The normalized spacial score (nSPS) is 14.5. The summed E-state index contributed by atoms with van der Waals surface area (Å²) >= 11 is 0. The highest BCUT2D eigenvalue weighted by Crippen LogP contribution is 2.37. The van der Waals surface area contributed by atoms with E-state index >= 15 is 0 Å². The number of amides is 2. The Bertz CT molecular complexity index is 1200. The van der Waals surface area contributed by atoms with Gasteiger partial charge in [-0.3, -0.25) is 9.59 Å². The maximum absolute atomic E-state index is 12.9. The van der Waals surface area contributed by atoms with Gasteiger partial charge in [-0.05, 0) is 36.3 Å². The van der Waals surface area contributed by atoms with Crippen LogP contribution in [0.15, 0.2) is 53.2 Å². The summed E-state index contributed by atoms with van der Waals surface area (Å²) < 4.78 is 16.7. The Morgan fingerprint density at radius 1 is 0.939 bits per heavy atom. The number of piperazine rings is 1. The molecule has 1 fully saturated rings. The maximum atomic E-state index is 12.9. The van der Waals surface area contributed by atoms with Crippen LogP contribution in [0.2, 0.25) is 0 Å². The zero-order valence-electron chi connectivity index (χ0n) is 19.4. The molecule has 0 bridgehead atoms. The largest absolute Gasteiger partial charge is 0.497 e. The third kappa shape index (κ3) is 4.58. The third-order valence-electron chi connectivity index (χ3n) is 6.10. The molecule has 3 aromatic rings. The second kappa shape index (κ2) is 9.40. The van der Waals surface area contributed by atoms with E-state index < -0.39 is 0 Å². The van der Waals surface area contributed by atoms with Gasteiger partial charge >= 0.3 is 0 Å². The minimum Gasteiger partial charge on any atom is -0.497 e. The molecule has 0 N–H and O–H groups in total. The SMILES string of the molecule is COc1ccc(-c2coc3cc(OC)c(/C(C)=C/C(=O)N4CCN(C(C)=O)CC4)cc23)cc1. The van der Waals surface area contributed by atoms with Crippen molar-refractivity contribution in [1.29, 1.82) is 0 Å². The predicted octanol–water partition coefficient (Wildman–Crippen LogP) is 4.21. The van der Waals surface area contributed by atoms with Crippen molar-refractivity contribution in [3.63, 3.8) is 0 Å². The Morgan fingerprint density at radius 2 is 1.61 bits per heavy atom. The number of hydrogen-bond acceptors (Lipinski definition) is 5. The maximum Gasteiger partial charge on any atom is 0.246 e. The molecule has 1 aliphatic rings. The fraction of sp³-hybridized carbons (Fsp3) is 0.308. The lowest BCUT2D eigenvalue weighted by molar-refractivity contribution is -0.135. The van der Waals surface area contributed by atoms with Crippen molar-refractivity contribution >= 4 is 28.4 Å². The molecule has 0 saturated carbocycles. The molecule has 0 unspecified atom stereocenters. The zero-order chi connectivity index (χ0) is 23.5. The van der Waals surface area contributed by atoms with E-state index in [1.54, 1.807) is 43.3 Å². The first-order chi connectivity index (χ1) is 15.9. The van der Waals surface area contributed by atoms with Crippen molar-refractivity contribution in [2.24, 2.45) is 0 Å². The van der Waals surface area contributed by atoms with E-state index in [0.29, 0.717) is 37.5 Å². The van der Waals surface area contributed by atoms with Gasteiger partial charge < -0.3 is 23.7 Å². The zero-order valence-corrected chi connectivity index (χ0v) is 19.4. The van der Waals surface area contributed by atoms with Crippen molar-refractivity contribution in [3.05, 3.63) is 54.3 Å². The summed E-state index contributed by atoms with van der Waals surface area (Å²) in [7, 11) is 3.24. The van der Waals surface area contributed by atoms with Crippen LogP contribution in [0.5, 0.6) is 11.5 Å². The molecule has 2 amide bonds. The quantitative estimate of drug-likeness (QED) is 0.547. The number of methoxy groups -OCH3 is 2. The Labute approximate surface area is 193 Å². The van der Waals surface area contributed by atoms with Gasteiger partial charge in [0.25, 0.3) is 0 Å².